The first-order chi connectivity index (χ1) is 7.22. The third kappa shape index (κ3) is 1.17. The summed E-state index contributed by atoms with van der Waals surface area (Å²) in [7, 11) is 0. The van der Waals surface area contributed by atoms with Crippen LogP contribution in [0.4, 0.5) is 0 Å². The van der Waals surface area contributed by atoms with Crippen molar-refractivity contribution >= 4 is 22.1 Å². The number of aromatic nitrogens is 3. The van der Waals surface area contributed by atoms with E-state index in [1.807, 2.05) is 6.07 Å². The lowest BCUT2D eigenvalue weighted by Crippen LogP contribution is -1.99. The number of fused-ring (bicyclic) bond motifs is 2. The van der Waals surface area contributed by atoms with Crippen molar-refractivity contribution in [1.29, 1.82) is 0 Å². The zero-order valence-electron chi connectivity index (χ0n) is 7.61. The molecule has 0 saturated heterocycles. The Morgan fingerprint density at radius 3 is 2.93 bits per heavy atom. The molecule has 3 aromatic rings. The van der Waals surface area contributed by atoms with Crippen LogP contribution in [0.25, 0.3) is 22.1 Å². The number of H-pyrrole nitrogens is 2. The second kappa shape index (κ2) is 2.60. The molecule has 2 aromatic heterocycles. The maximum atomic E-state index is 11.0. The molecule has 5 nitrogen and oxygen atoms in total. The number of aromatic hydroxyl groups is 1. The summed E-state index contributed by atoms with van der Waals surface area (Å²) in [5, 5.41) is 10.2. The summed E-state index contributed by atoms with van der Waals surface area (Å²) in [6.45, 7) is 0. The van der Waals surface area contributed by atoms with E-state index < -0.39 is 0 Å². The van der Waals surface area contributed by atoms with Gasteiger partial charge in [-0.3, -0.25) is 4.98 Å². The van der Waals surface area contributed by atoms with Gasteiger partial charge in [0.05, 0.1) is 11.0 Å². The van der Waals surface area contributed by atoms with Gasteiger partial charge in [-0.15, -0.1) is 0 Å². The molecule has 0 amide bonds. The van der Waals surface area contributed by atoms with Gasteiger partial charge in [0.1, 0.15) is 5.75 Å². The molecule has 0 aliphatic heterocycles. The minimum Gasteiger partial charge on any atom is -0.508 e. The van der Waals surface area contributed by atoms with E-state index >= 15 is 0 Å². The van der Waals surface area contributed by atoms with Crippen molar-refractivity contribution in [3.05, 3.63) is 34.7 Å². The maximum absolute atomic E-state index is 11.0. The number of hydrogen-bond donors (Lipinski definition) is 3. The van der Waals surface area contributed by atoms with E-state index in [4.69, 9.17) is 0 Å². The minimum atomic E-state index is -0.281. The summed E-state index contributed by atoms with van der Waals surface area (Å²) >= 11 is 0. The van der Waals surface area contributed by atoms with Crippen LogP contribution in [0.1, 0.15) is 0 Å². The van der Waals surface area contributed by atoms with E-state index in [0.717, 1.165) is 5.39 Å². The first-order valence-corrected chi connectivity index (χ1v) is 4.44. The van der Waals surface area contributed by atoms with E-state index in [2.05, 4.69) is 15.0 Å². The molecule has 3 rings (SSSR count). The van der Waals surface area contributed by atoms with Crippen LogP contribution in [0.3, 0.4) is 0 Å². The Morgan fingerprint density at radius 2 is 2.07 bits per heavy atom. The van der Waals surface area contributed by atoms with E-state index in [1.165, 1.54) is 0 Å². The molecule has 0 atom stereocenters. The van der Waals surface area contributed by atoms with Crippen molar-refractivity contribution in [2.24, 2.45) is 0 Å². The first-order valence-electron chi connectivity index (χ1n) is 4.44. The number of hydrogen-bond acceptors (Lipinski definition) is 3. The van der Waals surface area contributed by atoms with Crippen molar-refractivity contribution in [1.82, 2.24) is 15.0 Å². The van der Waals surface area contributed by atoms with Crippen molar-refractivity contribution in [2.45, 2.75) is 0 Å². The SMILES string of the molecule is O=c1[nH]c2cc3ccc(O)cc3nc2[nH]1. The van der Waals surface area contributed by atoms with Gasteiger partial charge in [-0.1, -0.05) is 0 Å². The van der Waals surface area contributed by atoms with Crippen LogP contribution < -0.4 is 5.69 Å². The molecule has 0 aliphatic rings. The van der Waals surface area contributed by atoms with E-state index in [-0.39, 0.29) is 11.4 Å². The van der Waals surface area contributed by atoms with Crippen molar-refractivity contribution in [2.75, 3.05) is 0 Å². The van der Waals surface area contributed by atoms with Gasteiger partial charge in [-0.2, -0.15) is 0 Å². The highest BCUT2D eigenvalue weighted by molar-refractivity contribution is 5.89. The highest BCUT2D eigenvalue weighted by atomic mass is 16.3. The van der Waals surface area contributed by atoms with E-state index in [9.17, 15) is 9.90 Å². The lowest BCUT2D eigenvalue weighted by atomic mass is 10.2. The Bertz CT molecular complexity index is 711. The Balaban J connectivity index is 2.51. The molecule has 5 heteroatoms. The molecule has 3 N–H and O–H groups in total. The van der Waals surface area contributed by atoms with Crippen LogP contribution in [0, 0.1) is 0 Å². The Kier molecular flexibility index (Phi) is 1.39. The van der Waals surface area contributed by atoms with E-state index in [1.54, 1.807) is 18.2 Å². The fourth-order valence-corrected chi connectivity index (χ4v) is 1.61. The number of phenols is 1. The third-order valence-electron chi connectivity index (χ3n) is 2.28. The number of aromatic amines is 2. The van der Waals surface area contributed by atoms with Gasteiger partial charge in [-0.05, 0) is 18.2 Å². The fourth-order valence-electron chi connectivity index (χ4n) is 1.61. The lowest BCUT2D eigenvalue weighted by molar-refractivity contribution is 0.476. The summed E-state index contributed by atoms with van der Waals surface area (Å²) in [6, 6.07) is 6.71. The standard InChI is InChI=1S/C10H7N3O2/c14-6-2-1-5-3-8-9(11-7(5)4-6)13-10(15)12-8/h1-4,14H,(H2,11,12,13,15). The number of nitrogens with zero attached hydrogens (tertiary/aromatic N) is 1. The van der Waals surface area contributed by atoms with Gasteiger partial charge in [0.15, 0.2) is 5.65 Å². The number of nitrogens with one attached hydrogen (secondary N) is 2. The fraction of sp³-hybridized carbons (Fsp3) is 0. The second-order valence-corrected chi connectivity index (χ2v) is 3.34. The topological polar surface area (TPSA) is 81.8 Å². The average molecular weight is 201 g/mol. The zero-order chi connectivity index (χ0) is 10.4. The first kappa shape index (κ1) is 8.05. The van der Waals surface area contributed by atoms with Gasteiger partial charge in [-0.25, -0.2) is 9.78 Å². The summed E-state index contributed by atoms with van der Waals surface area (Å²) in [4.78, 5) is 20.4. The average Bonchev–Trinajstić information content (AvgIpc) is 2.53. The molecule has 0 saturated carbocycles. The second-order valence-electron chi connectivity index (χ2n) is 3.34. The Labute approximate surface area is 83.4 Å². The van der Waals surface area contributed by atoms with Gasteiger partial charge in [0.25, 0.3) is 0 Å². The monoisotopic (exact) mass is 201 g/mol. The molecule has 0 radical (unpaired) electrons. The predicted octanol–water partition coefficient (Wildman–Crippen LogP) is 1.11. The van der Waals surface area contributed by atoms with Gasteiger partial charge in [0, 0.05) is 11.5 Å². The summed E-state index contributed by atoms with van der Waals surface area (Å²) < 4.78 is 0. The molecular weight excluding hydrogens is 194 g/mol. The molecule has 0 spiro atoms. The van der Waals surface area contributed by atoms with Crippen LogP contribution in [0.2, 0.25) is 0 Å². The third-order valence-corrected chi connectivity index (χ3v) is 2.28. The number of rotatable bonds is 0. The molecule has 2 heterocycles. The Morgan fingerprint density at radius 1 is 1.20 bits per heavy atom. The largest absolute Gasteiger partial charge is 0.508 e. The number of benzene rings is 1. The normalized spacial score (nSPS) is 11.2. The molecule has 0 unspecified atom stereocenters. The number of imidazole rings is 1. The summed E-state index contributed by atoms with van der Waals surface area (Å²) in [6.07, 6.45) is 0. The minimum absolute atomic E-state index is 0.159. The van der Waals surface area contributed by atoms with Gasteiger partial charge < -0.3 is 10.1 Å². The van der Waals surface area contributed by atoms with Gasteiger partial charge in [0.2, 0.25) is 0 Å². The molecule has 0 fully saturated rings. The highest BCUT2D eigenvalue weighted by Gasteiger charge is 2.02. The maximum Gasteiger partial charge on any atom is 0.325 e. The molecule has 15 heavy (non-hydrogen) atoms. The van der Waals surface area contributed by atoms with Crippen LogP contribution in [-0.4, -0.2) is 20.1 Å². The smallest absolute Gasteiger partial charge is 0.325 e. The quantitative estimate of drug-likeness (QED) is 0.509. The molecule has 0 aliphatic carbocycles. The van der Waals surface area contributed by atoms with Gasteiger partial charge >= 0.3 is 5.69 Å². The van der Waals surface area contributed by atoms with Crippen LogP contribution in [0.15, 0.2) is 29.1 Å². The molecule has 0 bridgehead atoms. The number of pyridine rings is 1. The molecule has 74 valence electrons. The van der Waals surface area contributed by atoms with Crippen LogP contribution in [-0.2, 0) is 0 Å². The highest BCUT2D eigenvalue weighted by Crippen LogP contribution is 2.20. The number of phenolic OH excluding ortho intramolecular Hbond substituents is 1. The van der Waals surface area contributed by atoms with Crippen molar-refractivity contribution < 1.29 is 5.11 Å². The summed E-state index contributed by atoms with van der Waals surface area (Å²) in [5.74, 6) is 0.159. The molecular formula is C10H7N3O2. The molecule has 1 aromatic carbocycles. The van der Waals surface area contributed by atoms with Crippen molar-refractivity contribution in [3.63, 3.8) is 0 Å². The Hall–Kier alpha value is -2.30. The van der Waals surface area contributed by atoms with E-state index in [0.29, 0.717) is 16.7 Å². The predicted molar refractivity (Wildman–Crippen MR) is 55.9 cm³/mol. The van der Waals surface area contributed by atoms with Crippen LogP contribution in [0.5, 0.6) is 5.75 Å². The summed E-state index contributed by atoms with van der Waals surface area (Å²) in [5.41, 5.74) is 1.53. The lowest BCUT2D eigenvalue weighted by Gasteiger charge is -1.97. The zero-order valence-corrected chi connectivity index (χ0v) is 7.61. The van der Waals surface area contributed by atoms with Crippen molar-refractivity contribution in [3.8, 4) is 5.75 Å². The van der Waals surface area contributed by atoms with Crippen LogP contribution >= 0.6 is 0 Å².